The molecule has 0 saturated carbocycles. The van der Waals surface area contributed by atoms with Crippen LogP contribution in [0.1, 0.15) is 18.5 Å². The first-order valence-electron chi connectivity index (χ1n) is 8.21. The quantitative estimate of drug-likeness (QED) is 0.708. The molecule has 1 atom stereocenters. The molecule has 1 aliphatic heterocycles. The molecule has 0 aromatic carbocycles. The van der Waals surface area contributed by atoms with Crippen molar-refractivity contribution in [3.63, 3.8) is 0 Å². The summed E-state index contributed by atoms with van der Waals surface area (Å²) in [7, 11) is 1.62. The average Bonchev–Trinajstić information content (AvgIpc) is 3.31. The van der Waals surface area contributed by atoms with Gasteiger partial charge in [0.15, 0.2) is 5.82 Å². The summed E-state index contributed by atoms with van der Waals surface area (Å²) in [5.41, 5.74) is 4.16. The normalized spacial score (nSPS) is 17.3. The summed E-state index contributed by atoms with van der Waals surface area (Å²) in [5.74, 6) is -0.608. The first-order chi connectivity index (χ1) is 13.3. The zero-order valence-corrected chi connectivity index (χ0v) is 14.4. The van der Waals surface area contributed by atoms with Crippen LogP contribution in [0.5, 0.6) is 0 Å². The van der Waals surface area contributed by atoms with Gasteiger partial charge < -0.3 is 4.98 Å². The Morgan fingerprint density at radius 1 is 1.39 bits per heavy atom. The van der Waals surface area contributed by atoms with Crippen LogP contribution in [-0.2, 0) is 11.8 Å². The van der Waals surface area contributed by atoms with Gasteiger partial charge in [-0.3, -0.25) is 14.9 Å². The molecule has 1 unspecified atom stereocenters. The summed E-state index contributed by atoms with van der Waals surface area (Å²) in [6.45, 7) is 0. The molecule has 12 heteroatoms. The Balaban J connectivity index is 1.74. The van der Waals surface area contributed by atoms with Crippen LogP contribution >= 0.6 is 0 Å². The number of hydrogen-bond acceptors (Lipinski definition) is 6. The van der Waals surface area contributed by atoms with Gasteiger partial charge >= 0.3 is 6.18 Å². The number of aromatic nitrogens is 5. The number of anilines is 1. The largest absolute Gasteiger partial charge is 0.410 e. The van der Waals surface area contributed by atoms with Crippen molar-refractivity contribution in [2.45, 2.75) is 25.1 Å². The van der Waals surface area contributed by atoms with E-state index in [9.17, 15) is 23.2 Å². The fourth-order valence-corrected chi connectivity index (χ4v) is 3.19. The van der Waals surface area contributed by atoms with Crippen molar-refractivity contribution in [1.82, 2.24) is 29.7 Å². The zero-order chi connectivity index (χ0) is 20.1. The number of alkyl halides is 3. The number of fused-ring (bicyclic) bond motifs is 1. The van der Waals surface area contributed by atoms with E-state index in [-0.39, 0.29) is 18.7 Å². The van der Waals surface area contributed by atoms with Gasteiger partial charge in [-0.15, -0.1) is 0 Å². The number of halogens is 3. The molecule has 144 valence electrons. The second kappa shape index (κ2) is 6.22. The molecular formula is C16H13F3N8O. The van der Waals surface area contributed by atoms with Crippen LogP contribution in [0.3, 0.4) is 0 Å². The molecule has 0 bridgehead atoms. The number of amides is 1. The summed E-state index contributed by atoms with van der Waals surface area (Å²) in [4.78, 5) is 23.0. The Kier molecular flexibility index (Phi) is 3.95. The minimum atomic E-state index is -4.55. The highest BCUT2D eigenvalue weighted by molar-refractivity contribution is 5.92. The number of carbonyl (C=O) groups is 1. The van der Waals surface area contributed by atoms with Gasteiger partial charge in [0.2, 0.25) is 5.91 Å². The van der Waals surface area contributed by atoms with Crippen molar-refractivity contribution in [2.75, 3.05) is 5.43 Å². The number of aryl methyl sites for hydroxylation is 1. The van der Waals surface area contributed by atoms with Gasteiger partial charge in [0.1, 0.15) is 29.8 Å². The first-order valence-corrected chi connectivity index (χ1v) is 8.21. The predicted molar refractivity (Wildman–Crippen MR) is 90.4 cm³/mol. The smallest absolute Gasteiger partial charge is 0.339 e. The van der Waals surface area contributed by atoms with Crippen LogP contribution in [0, 0.1) is 11.3 Å². The average molecular weight is 390 g/mol. The van der Waals surface area contributed by atoms with Crippen LogP contribution in [0.25, 0.3) is 22.3 Å². The van der Waals surface area contributed by atoms with E-state index in [1.54, 1.807) is 13.1 Å². The highest BCUT2D eigenvalue weighted by Gasteiger charge is 2.49. The highest BCUT2D eigenvalue weighted by Crippen LogP contribution is 2.34. The third-order valence-corrected chi connectivity index (χ3v) is 4.58. The molecule has 1 fully saturated rings. The molecule has 0 aliphatic carbocycles. The third kappa shape index (κ3) is 2.81. The van der Waals surface area contributed by atoms with Crippen LogP contribution in [0.2, 0.25) is 0 Å². The lowest BCUT2D eigenvalue weighted by atomic mass is 10.2. The summed E-state index contributed by atoms with van der Waals surface area (Å²) < 4.78 is 41.0. The predicted octanol–water partition coefficient (Wildman–Crippen LogP) is 2.11. The zero-order valence-electron chi connectivity index (χ0n) is 14.4. The first kappa shape index (κ1) is 17.8. The van der Waals surface area contributed by atoms with E-state index in [1.165, 1.54) is 17.2 Å². The van der Waals surface area contributed by atoms with Gasteiger partial charge in [-0.2, -0.15) is 23.5 Å². The summed E-state index contributed by atoms with van der Waals surface area (Å²) in [6, 6.07) is 1.71. The minimum Gasteiger partial charge on any atom is -0.339 e. The molecule has 4 rings (SSSR count). The van der Waals surface area contributed by atoms with E-state index in [0.717, 1.165) is 0 Å². The van der Waals surface area contributed by atoms with Gasteiger partial charge in [-0.25, -0.2) is 15.0 Å². The number of nitriles is 1. The van der Waals surface area contributed by atoms with E-state index < -0.39 is 18.1 Å². The van der Waals surface area contributed by atoms with Gasteiger partial charge in [0, 0.05) is 13.5 Å². The fourth-order valence-electron chi connectivity index (χ4n) is 3.19. The number of aromatic amines is 1. The Hall–Kier alpha value is -3.62. The molecular weight excluding hydrogens is 377 g/mol. The maximum atomic E-state index is 13.2. The Morgan fingerprint density at radius 2 is 2.18 bits per heavy atom. The number of nitrogens with one attached hydrogen (secondary N) is 2. The lowest BCUT2D eigenvalue weighted by Gasteiger charge is -2.27. The molecule has 0 spiro atoms. The van der Waals surface area contributed by atoms with Gasteiger partial charge in [0.25, 0.3) is 0 Å². The Bertz CT molecular complexity index is 1110. The monoisotopic (exact) mass is 390 g/mol. The second-order valence-electron chi connectivity index (χ2n) is 6.28. The van der Waals surface area contributed by atoms with Gasteiger partial charge in [-0.05, 0) is 12.5 Å². The molecule has 9 nitrogen and oxygen atoms in total. The molecule has 3 aromatic rings. The summed E-state index contributed by atoms with van der Waals surface area (Å²) in [6.07, 6.45) is -2.41. The van der Waals surface area contributed by atoms with Crippen LogP contribution < -0.4 is 5.43 Å². The number of hydrazine groups is 1. The molecule has 1 amide bonds. The van der Waals surface area contributed by atoms with Crippen LogP contribution in [0.4, 0.5) is 19.0 Å². The van der Waals surface area contributed by atoms with E-state index >= 15 is 0 Å². The molecule has 0 radical (unpaired) electrons. The molecule has 2 N–H and O–H groups in total. The fraction of sp³-hybridized carbons (Fsp3) is 0.312. The maximum absolute atomic E-state index is 13.2. The van der Waals surface area contributed by atoms with Crippen molar-refractivity contribution < 1.29 is 18.0 Å². The van der Waals surface area contributed by atoms with Crippen LogP contribution in [-0.4, -0.2) is 47.9 Å². The molecule has 28 heavy (non-hydrogen) atoms. The minimum absolute atomic E-state index is 0.0550. The lowest BCUT2D eigenvalue weighted by molar-refractivity contribution is -0.177. The SMILES string of the molecule is Cn1ncc(-c2cc3c(NN4C(=O)CCC4C(F)(F)F)ncnc3[nH]2)c1C#N. The molecule has 3 aromatic heterocycles. The number of hydrogen-bond donors (Lipinski definition) is 2. The van der Waals surface area contributed by atoms with E-state index in [4.69, 9.17) is 0 Å². The Labute approximate surface area is 155 Å². The van der Waals surface area contributed by atoms with Crippen molar-refractivity contribution >= 4 is 22.8 Å². The Morgan fingerprint density at radius 3 is 2.89 bits per heavy atom. The van der Waals surface area contributed by atoms with E-state index in [0.29, 0.717) is 33.0 Å². The van der Waals surface area contributed by atoms with Crippen molar-refractivity contribution in [3.8, 4) is 17.3 Å². The third-order valence-electron chi connectivity index (χ3n) is 4.58. The van der Waals surface area contributed by atoms with E-state index in [2.05, 4.69) is 25.5 Å². The number of H-pyrrole nitrogens is 1. The van der Waals surface area contributed by atoms with Crippen molar-refractivity contribution in [2.24, 2.45) is 7.05 Å². The second-order valence-corrected chi connectivity index (χ2v) is 6.28. The number of nitrogens with zero attached hydrogens (tertiary/aromatic N) is 6. The summed E-state index contributed by atoms with van der Waals surface area (Å²) in [5, 5.41) is 14.3. The van der Waals surface area contributed by atoms with E-state index in [1.807, 2.05) is 6.07 Å². The molecule has 1 aliphatic rings. The number of rotatable bonds is 3. The standard InChI is InChI=1S/C16H13F3N8O/c1-26-11(5-20)9(6-23-26)10-4-8-14(24-10)21-7-22-15(8)25-27-12(16(17,18)19)2-3-13(27)28/h4,6-7,12H,2-3H2,1H3,(H2,21,22,24,25). The molecule has 1 saturated heterocycles. The van der Waals surface area contributed by atoms with Crippen molar-refractivity contribution in [3.05, 3.63) is 24.3 Å². The molecule has 4 heterocycles. The topological polar surface area (TPSA) is 116 Å². The number of carbonyl (C=O) groups excluding carboxylic acids is 1. The van der Waals surface area contributed by atoms with Crippen LogP contribution in [0.15, 0.2) is 18.6 Å². The van der Waals surface area contributed by atoms with Gasteiger partial charge in [-0.1, -0.05) is 0 Å². The maximum Gasteiger partial charge on any atom is 0.410 e. The highest BCUT2D eigenvalue weighted by atomic mass is 19.4. The lowest BCUT2D eigenvalue weighted by Crippen LogP contribution is -2.46. The summed E-state index contributed by atoms with van der Waals surface area (Å²) >= 11 is 0. The van der Waals surface area contributed by atoms with Gasteiger partial charge in [0.05, 0.1) is 22.8 Å². The van der Waals surface area contributed by atoms with Crippen molar-refractivity contribution in [1.29, 1.82) is 5.26 Å².